The van der Waals surface area contributed by atoms with Crippen LogP contribution in [-0.4, -0.2) is 13.0 Å². The largest absolute Gasteiger partial charge is 0.294 e. The van der Waals surface area contributed by atoms with E-state index in [1.165, 1.54) is 6.07 Å². The fourth-order valence-corrected chi connectivity index (χ4v) is 1.73. The Morgan fingerprint density at radius 3 is 2.36 bits per heavy atom. The highest BCUT2D eigenvalue weighted by atomic mass is 32.2. The van der Waals surface area contributed by atoms with E-state index < -0.39 is 10.1 Å². The lowest BCUT2D eigenvalue weighted by Gasteiger charge is -1.99. The zero-order valence-electron chi connectivity index (χ0n) is 8.14. The number of hydrogen-bond donors (Lipinski definition) is 1. The molecule has 0 aliphatic rings. The highest BCUT2D eigenvalue weighted by Crippen LogP contribution is 2.18. The molecule has 72 valence electrons. The van der Waals surface area contributed by atoms with Gasteiger partial charge in [-0.2, -0.15) is 8.42 Å². The van der Waals surface area contributed by atoms with Crippen molar-refractivity contribution in [1.29, 1.82) is 0 Å². The van der Waals surface area contributed by atoms with Crippen molar-refractivity contribution >= 4 is 20.9 Å². The monoisotopic (exact) mass is 209 g/mol. The Hall–Kier alpha value is -1.39. The first-order valence-corrected chi connectivity index (χ1v) is 5.40. The van der Waals surface area contributed by atoms with Gasteiger partial charge in [0.15, 0.2) is 0 Å². The van der Waals surface area contributed by atoms with Gasteiger partial charge < -0.3 is 0 Å². The van der Waals surface area contributed by atoms with E-state index in [0.29, 0.717) is 5.39 Å². The minimum atomic E-state index is -4.31. The molecule has 0 unspecified atom stereocenters. The van der Waals surface area contributed by atoms with Crippen molar-refractivity contribution in [2.24, 2.45) is 0 Å². The van der Waals surface area contributed by atoms with Gasteiger partial charge in [-0.15, -0.1) is 0 Å². The van der Waals surface area contributed by atoms with E-state index >= 15 is 0 Å². The standard InChI is InChI=1S/C10H8O3S/c11-14(12,13)10-6-5-8-3-1-2-4-9(8)7-10/h1-7H,(H,11,12,13)/i7D. The van der Waals surface area contributed by atoms with Crippen LogP contribution in [0.5, 0.6) is 0 Å². The Labute approximate surface area is 83.1 Å². The molecule has 0 aliphatic carbocycles. The SMILES string of the molecule is [2H]c1c(S(=O)(=O)O)ccc2ccccc12. The molecule has 0 heterocycles. The van der Waals surface area contributed by atoms with Crippen molar-refractivity contribution in [3.05, 3.63) is 42.4 Å². The van der Waals surface area contributed by atoms with E-state index in [2.05, 4.69) is 0 Å². The zero-order valence-corrected chi connectivity index (χ0v) is 7.95. The number of fused-ring (bicyclic) bond motifs is 1. The van der Waals surface area contributed by atoms with Gasteiger partial charge in [-0.05, 0) is 22.9 Å². The molecule has 0 atom stereocenters. The Kier molecular flexibility index (Phi) is 1.75. The lowest BCUT2D eigenvalue weighted by atomic mass is 10.1. The smallest absolute Gasteiger partial charge is 0.282 e. The Morgan fingerprint density at radius 2 is 1.71 bits per heavy atom. The topological polar surface area (TPSA) is 54.4 Å². The highest BCUT2D eigenvalue weighted by molar-refractivity contribution is 7.85. The van der Waals surface area contributed by atoms with E-state index in [1.54, 1.807) is 30.3 Å². The second-order valence-electron chi connectivity index (χ2n) is 2.88. The molecular weight excluding hydrogens is 200 g/mol. The maximum Gasteiger partial charge on any atom is 0.294 e. The van der Waals surface area contributed by atoms with Crippen LogP contribution in [0, 0.1) is 0 Å². The molecule has 1 N–H and O–H groups in total. The highest BCUT2D eigenvalue weighted by Gasteiger charge is 2.08. The van der Waals surface area contributed by atoms with Crippen LogP contribution in [0.4, 0.5) is 0 Å². The van der Waals surface area contributed by atoms with Crippen molar-refractivity contribution < 1.29 is 14.3 Å². The molecule has 0 aromatic heterocycles. The van der Waals surface area contributed by atoms with Crippen molar-refractivity contribution in [2.75, 3.05) is 0 Å². The summed E-state index contributed by atoms with van der Waals surface area (Å²) in [4.78, 5) is -0.360. The van der Waals surface area contributed by atoms with Crippen LogP contribution in [0.3, 0.4) is 0 Å². The Balaban J connectivity index is 2.88. The van der Waals surface area contributed by atoms with Crippen LogP contribution in [0.25, 0.3) is 10.8 Å². The summed E-state index contributed by atoms with van der Waals surface area (Å²) in [6.07, 6.45) is 0. The van der Waals surface area contributed by atoms with Gasteiger partial charge in [0.05, 0.1) is 6.27 Å². The van der Waals surface area contributed by atoms with Crippen molar-refractivity contribution in [2.45, 2.75) is 4.90 Å². The second-order valence-corrected chi connectivity index (χ2v) is 4.27. The first-order valence-electron chi connectivity index (χ1n) is 4.46. The van der Waals surface area contributed by atoms with Gasteiger partial charge in [-0.1, -0.05) is 30.3 Å². The van der Waals surface area contributed by atoms with E-state index in [-0.39, 0.29) is 10.9 Å². The average molecular weight is 209 g/mol. The molecular formula is C10H8O3S. The lowest BCUT2D eigenvalue weighted by Crippen LogP contribution is -1.97. The molecule has 0 bridgehead atoms. The molecule has 0 saturated heterocycles. The predicted molar refractivity (Wildman–Crippen MR) is 53.8 cm³/mol. The van der Waals surface area contributed by atoms with Gasteiger partial charge in [0.25, 0.3) is 10.1 Å². The van der Waals surface area contributed by atoms with Crippen LogP contribution in [0.15, 0.2) is 47.3 Å². The van der Waals surface area contributed by atoms with Crippen molar-refractivity contribution in [1.82, 2.24) is 0 Å². The summed E-state index contributed by atoms with van der Waals surface area (Å²) < 4.78 is 38.4. The number of rotatable bonds is 1. The minimum Gasteiger partial charge on any atom is -0.282 e. The molecule has 4 heteroatoms. The number of hydrogen-bond acceptors (Lipinski definition) is 2. The van der Waals surface area contributed by atoms with Gasteiger partial charge >= 0.3 is 0 Å². The van der Waals surface area contributed by atoms with Gasteiger partial charge in [0.1, 0.15) is 0 Å². The Bertz CT molecular complexity index is 620. The van der Waals surface area contributed by atoms with Crippen LogP contribution in [0.1, 0.15) is 1.37 Å². The lowest BCUT2D eigenvalue weighted by molar-refractivity contribution is 0.483. The van der Waals surface area contributed by atoms with Crippen LogP contribution < -0.4 is 0 Å². The fourth-order valence-electron chi connectivity index (χ4n) is 1.25. The minimum absolute atomic E-state index is 0.171. The summed E-state index contributed by atoms with van der Waals surface area (Å²) in [7, 11) is -4.31. The second kappa shape index (κ2) is 3.08. The third-order valence-corrected chi connectivity index (χ3v) is 2.70. The molecule has 0 fully saturated rings. The summed E-state index contributed by atoms with van der Waals surface area (Å²) in [5.41, 5.74) is 0. The maximum atomic E-state index is 10.9. The quantitative estimate of drug-likeness (QED) is 0.731. The van der Waals surface area contributed by atoms with Gasteiger partial charge in [-0.25, -0.2) is 0 Å². The maximum absolute atomic E-state index is 10.9. The van der Waals surface area contributed by atoms with E-state index in [9.17, 15) is 8.42 Å². The first kappa shape index (κ1) is 7.96. The number of benzene rings is 2. The van der Waals surface area contributed by atoms with Gasteiger partial charge in [0.2, 0.25) is 0 Å². The molecule has 2 aromatic carbocycles. The molecule has 3 nitrogen and oxygen atoms in total. The van der Waals surface area contributed by atoms with Crippen LogP contribution in [0.2, 0.25) is 0 Å². The molecule has 2 rings (SSSR count). The first-order chi connectivity index (χ1) is 7.00. The fraction of sp³-hybridized carbons (Fsp3) is 0. The summed E-state index contributed by atoms with van der Waals surface area (Å²) in [6.45, 7) is 0. The molecule has 0 amide bonds. The summed E-state index contributed by atoms with van der Waals surface area (Å²) >= 11 is 0. The molecule has 14 heavy (non-hydrogen) atoms. The molecule has 2 aromatic rings. The molecule has 0 spiro atoms. The molecule has 0 saturated carbocycles. The van der Waals surface area contributed by atoms with E-state index in [4.69, 9.17) is 5.92 Å². The zero-order chi connectivity index (χ0) is 11.1. The van der Waals surface area contributed by atoms with E-state index in [1.807, 2.05) is 0 Å². The third kappa shape index (κ3) is 1.62. The normalized spacial score (nSPS) is 12.8. The average Bonchev–Trinajstić information content (AvgIpc) is 2.16. The van der Waals surface area contributed by atoms with Crippen LogP contribution >= 0.6 is 0 Å². The van der Waals surface area contributed by atoms with Crippen LogP contribution in [-0.2, 0) is 10.1 Å². The molecule has 0 radical (unpaired) electrons. The van der Waals surface area contributed by atoms with Crippen molar-refractivity contribution in [3.63, 3.8) is 0 Å². The predicted octanol–water partition coefficient (Wildman–Crippen LogP) is 2.09. The van der Waals surface area contributed by atoms with Gasteiger partial charge in [0, 0.05) is 0 Å². The van der Waals surface area contributed by atoms with Crippen molar-refractivity contribution in [3.8, 4) is 0 Å². The molecule has 0 aliphatic heterocycles. The summed E-state index contributed by atoms with van der Waals surface area (Å²) in [6, 6.07) is 9.57. The van der Waals surface area contributed by atoms with Gasteiger partial charge in [-0.3, -0.25) is 4.55 Å². The summed E-state index contributed by atoms with van der Waals surface area (Å²) in [5, 5.41) is 1.28. The Morgan fingerprint density at radius 1 is 1.07 bits per heavy atom. The third-order valence-electron chi connectivity index (χ3n) is 1.91. The van der Waals surface area contributed by atoms with E-state index in [0.717, 1.165) is 5.39 Å². The summed E-state index contributed by atoms with van der Waals surface area (Å²) in [5.74, 6) is 0.